The number of anilines is 2. The predicted octanol–water partition coefficient (Wildman–Crippen LogP) is 4.50. The zero-order valence-corrected chi connectivity index (χ0v) is 22.7. The van der Waals surface area contributed by atoms with E-state index in [2.05, 4.69) is 25.6 Å². The molecule has 0 saturated heterocycles. The van der Waals surface area contributed by atoms with E-state index in [1.165, 1.54) is 0 Å². The molecule has 0 bridgehead atoms. The van der Waals surface area contributed by atoms with Gasteiger partial charge in [-0.05, 0) is 48.0 Å². The summed E-state index contributed by atoms with van der Waals surface area (Å²) in [5, 5.41) is 8.27. The molecular weight excluding hydrogens is 532 g/mol. The van der Waals surface area contributed by atoms with Gasteiger partial charge in [0.2, 0.25) is 0 Å². The third kappa shape index (κ3) is 7.15. The Bertz CT molecular complexity index is 1640. The van der Waals surface area contributed by atoms with Crippen molar-refractivity contribution in [3.8, 4) is 16.3 Å². The van der Waals surface area contributed by atoms with Crippen LogP contribution in [0.2, 0.25) is 0 Å². The lowest BCUT2D eigenvalue weighted by molar-refractivity contribution is 0.306. The third-order valence-electron chi connectivity index (χ3n) is 5.94. The summed E-state index contributed by atoms with van der Waals surface area (Å²) in [6, 6.07) is 23.8. The molecule has 9 nitrogen and oxygen atoms in total. The largest absolute Gasteiger partial charge is 0.489 e. The van der Waals surface area contributed by atoms with Crippen LogP contribution < -0.4 is 21.1 Å². The molecule has 0 aliphatic carbocycles. The van der Waals surface area contributed by atoms with Crippen molar-refractivity contribution in [3.63, 3.8) is 0 Å². The van der Waals surface area contributed by atoms with Gasteiger partial charge in [0, 0.05) is 40.8 Å². The highest BCUT2D eigenvalue weighted by Gasteiger charge is 2.11. The lowest BCUT2D eigenvalue weighted by atomic mass is 10.1. The van der Waals surface area contributed by atoms with Crippen LogP contribution >= 0.6 is 11.3 Å². The number of aromatic nitrogens is 3. The number of nitrogens with zero attached hydrogens (tertiary/aromatic N) is 3. The summed E-state index contributed by atoms with van der Waals surface area (Å²) in [7, 11) is -3.20. The predicted molar refractivity (Wildman–Crippen MR) is 156 cm³/mol. The van der Waals surface area contributed by atoms with Gasteiger partial charge < -0.3 is 21.1 Å². The van der Waals surface area contributed by atoms with Gasteiger partial charge in [0.15, 0.2) is 9.84 Å². The third-order valence-corrected chi connectivity index (χ3v) is 8.32. The highest BCUT2D eigenvalue weighted by atomic mass is 32.2. The van der Waals surface area contributed by atoms with Crippen molar-refractivity contribution in [1.82, 2.24) is 20.3 Å². The molecule has 0 unspecified atom stereocenters. The first-order chi connectivity index (χ1) is 19.0. The number of nitrogens with one attached hydrogen (secondary N) is 2. The van der Waals surface area contributed by atoms with Gasteiger partial charge >= 0.3 is 0 Å². The second-order valence-electron chi connectivity index (χ2n) is 8.80. The van der Waals surface area contributed by atoms with E-state index in [1.54, 1.807) is 23.9 Å². The molecule has 0 saturated carbocycles. The molecule has 0 aliphatic heterocycles. The summed E-state index contributed by atoms with van der Waals surface area (Å²) in [5.41, 5.74) is 9.02. The van der Waals surface area contributed by atoms with Gasteiger partial charge in [-0.1, -0.05) is 30.3 Å². The zero-order chi connectivity index (χ0) is 27.1. The molecule has 0 radical (unpaired) electrons. The van der Waals surface area contributed by atoms with Crippen molar-refractivity contribution in [2.45, 2.75) is 13.2 Å². The number of ether oxygens (including phenoxy) is 1. The maximum atomic E-state index is 11.5. The van der Waals surface area contributed by atoms with Gasteiger partial charge in [-0.2, -0.15) is 0 Å². The first-order valence-corrected chi connectivity index (χ1v) is 15.0. The van der Waals surface area contributed by atoms with E-state index in [-0.39, 0.29) is 11.6 Å². The van der Waals surface area contributed by atoms with Gasteiger partial charge in [-0.3, -0.25) is 0 Å². The monoisotopic (exact) mass is 560 g/mol. The van der Waals surface area contributed by atoms with Crippen LogP contribution in [0.15, 0.2) is 85.3 Å². The normalized spacial score (nSPS) is 11.5. The van der Waals surface area contributed by atoms with Crippen LogP contribution in [0.4, 0.5) is 11.5 Å². The first kappa shape index (κ1) is 26.7. The highest BCUT2D eigenvalue weighted by Crippen LogP contribution is 2.31. The fourth-order valence-corrected chi connectivity index (χ4v) is 5.35. The van der Waals surface area contributed by atoms with Crippen molar-refractivity contribution in [2.75, 3.05) is 23.5 Å². The van der Waals surface area contributed by atoms with Crippen LogP contribution in [0, 0.1) is 0 Å². The van der Waals surface area contributed by atoms with Gasteiger partial charge in [0.1, 0.15) is 29.5 Å². The molecule has 11 heteroatoms. The molecule has 0 fully saturated rings. The SMILES string of the molecule is NCS(=O)(=O)CCNCc1cnc(-c2ccc3ncnc(Nc4ccc(OCc5ccccc5)cc4)c3c2)s1. The van der Waals surface area contributed by atoms with E-state index in [4.69, 9.17) is 10.5 Å². The molecule has 5 aromatic rings. The van der Waals surface area contributed by atoms with Crippen molar-refractivity contribution < 1.29 is 13.2 Å². The molecule has 5 rings (SSSR count). The van der Waals surface area contributed by atoms with E-state index in [0.717, 1.165) is 43.4 Å². The highest BCUT2D eigenvalue weighted by molar-refractivity contribution is 7.91. The van der Waals surface area contributed by atoms with Crippen molar-refractivity contribution in [2.24, 2.45) is 5.73 Å². The van der Waals surface area contributed by atoms with Gasteiger partial charge in [-0.15, -0.1) is 11.3 Å². The van der Waals surface area contributed by atoms with E-state index in [1.807, 2.05) is 72.8 Å². The topological polar surface area (TPSA) is 132 Å². The Labute approximate surface area is 231 Å². The van der Waals surface area contributed by atoms with Crippen molar-refractivity contribution in [3.05, 3.63) is 95.8 Å². The van der Waals surface area contributed by atoms with E-state index in [0.29, 0.717) is 25.5 Å². The fourth-order valence-electron chi connectivity index (χ4n) is 3.85. The summed E-state index contributed by atoms with van der Waals surface area (Å²) in [6.45, 7) is 1.39. The minimum Gasteiger partial charge on any atom is -0.489 e. The van der Waals surface area contributed by atoms with Gasteiger partial charge in [-0.25, -0.2) is 23.4 Å². The minimum atomic E-state index is -3.20. The molecule has 39 heavy (non-hydrogen) atoms. The Balaban J connectivity index is 1.25. The summed E-state index contributed by atoms with van der Waals surface area (Å²) in [6.07, 6.45) is 3.34. The number of hydrogen-bond donors (Lipinski definition) is 3. The Morgan fingerprint density at radius 3 is 2.56 bits per heavy atom. The average Bonchev–Trinajstić information content (AvgIpc) is 3.45. The number of fused-ring (bicyclic) bond motifs is 1. The molecule has 0 atom stereocenters. The van der Waals surface area contributed by atoms with Gasteiger partial charge in [0.25, 0.3) is 0 Å². The minimum absolute atomic E-state index is 0.0129. The molecule has 0 amide bonds. The Morgan fingerprint density at radius 2 is 1.77 bits per heavy atom. The zero-order valence-electron chi connectivity index (χ0n) is 21.1. The van der Waals surface area contributed by atoms with Crippen molar-refractivity contribution in [1.29, 1.82) is 0 Å². The maximum Gasteiger partial charge on any atom is 0.164 e. The van der Waals surface area contributed by atoms with Crippen LogP contribution in [0.5, 0.6) is 5.75 Å². The molecule has 4 N–H and O–H groups in total. The molecule has 0 spiro atoms. The van der Waals surface area contributed by atoms with E-state index < -0.39 is 9.84 Å². The average molecular weight is 561 g/mol. The number of sulfone groups is 1. The van der Waals surface area contributed by atoms with E-state index >= 15 is 0 Å². The lowest BCUT2D eigenvalue weighted by Gasteiger charge is -2.11. The molecular formula is C28H28N6O3S2. The summed E-state index contributed by atoms with van der Waals surface area (Å²) in [5.74, 6) is 1.16. The van der Waals surface area contributed by atoms with Crippen molar-refractivity contribution >= 4 is 43.6 Å². The summed E-state index contributed by atoms with van der Waals surface area (Å²) in [4.78, 5) is 14.5. The number of rotatable bonds is 12. The Morgan fingerprint density at radius 1 is 0.949 bits per heavy atom. The summed E-state index contributed by atoms with van der Waals surface area (Å²) >= 11 is 1.55. The fraction of sp³-hybridized carbons (Fsp3) is 0.179. The summed E-state index contributed by atoms with van der Waals surface area (Å²) < 4.78 is 29.0. The van der Waals surface area contributed by atoms with Crippen LogP contribution in [-0.4, -0.2) is 41.5 Å². The van der Waals surface area contributed by atoms with Crippen LogP contribution in [-0.2, 0) is 23.0 Å². The van der Waals surface area contributed by atoms with Gasteiger partial charge in [0.05, 0.1) is 17.1 Å². The quantitative estimate of drug-likeness (QED) is 0.189. The maximum absolute atomic E-state index is 11.5. The number of hydrogen-bond acceptors (Lipinski definition) is 10. The Hall–Kier alpha value is -3.90. The number of thiazole rings is 1. The molecule has 200 valence electrons. The second-order valence-corrected chi connectivity index (χ2v) is 12.1. The molecule has 0 aliphatic rings. The Kier molecular flexibility index (Phi) is 8.42. The molecule has 3 aromatic carbocycles. The lowest BCUT2D eigenvalue weighted by Crippen LogP contribution is -2.26. The first-order valence-electron chi connectivity index (χ1n) is 12.3. The molecule has 2 heterocycles. The second kappa shape index (κ2) is 12.3. The number of benzene rings is 3. The van der Waals surface area contributed by atoms with E-state index in [9.17, 15) is 8.42 Å². The van der Waals surface area contributed by atoms with Crippen LogP contribution in [0.1, 0.15) is 10.4 Å². The van der Waals surface area contributed by atoms with Crippen LogP contribution in [0.3, 0.4) is 0 Å². The standard InChI is InChI=1S/C28H28N6O3S2/c29-18-39(35,36)13-12-30-15-24-16-31-28(38-24)21-6-11-26-25(14-21)27(33-19-32-26)34-22-7-9-23(10-8-22)37-17-20-4-2-1-3-5-20/h1-11,14,16,19,30H,12-13,15,17-18,29H2,(H,32,33,34). The molecule has 2 aromatic heterocycles. The smallest absolute Gasteiger partial charge is 0.164 e. The van der Waals surface area contributed by atoms with Crippen LogP contribution in [0.25, 0.3) is 21.5 Å². The number of nitrogens with two attached hydrogens (primary N) is 1.